The standard InChI is InChI=1S/C25H23BrN6O3S/c26-19-9-7-8-18(14-19)15-21-24(34)32(20-10-3-1-4-11-20)25(27-21)36-17-22(33)28-23-16-31(29-35-23)30-12-5-2-6-13-30/h1,3-4,7-11,14-16H,2,5-6,12-13,17H2/b21-15+. The number of carbonyl (C=O) groups excluding carboxylic acids is 1. The molecule has 1 aromatic heterocycles. The van der Waals surface area contributed by atoms with E-state index in [2.05, 4.69) is 36.2 Å². The highest BCUT2D eigenvalue weighted by atomic mass is 79.9. The fourth-order valence-corrected chi connectivity index (χ4v) is 5.14. The Morgan fingerprint density at radius 2 is 1.97 bits per heavy atom. The lowest BCUT2D eigenvalue weighted by Gasteiger charge is -2.18. The Balaban J connectivity index is 1.34. The summed E-state index contributed by atoms with van der Waals surface area (Å²) in [6, 6.07) is 16.8. The van der Waals surface area contributed by atoms with E-state index in [9.17, 15) is 9.90 Å². The highest BCUT2D eigenvalue weighted by Gasteiger charge is 2.32. The number of anilines is 1. The number of hydrogen-bond donors (Lipinski definition) is 0. The van der Waals surface area contributed by atoms with Crippen LogP contribution in [0.25, 0.3) is 6.08 Å². The van der Waals surface area contributed by atoms with Crippen molar-refractivity contribution in [2.45, 2.75) is 19.3 Å². The lowest BCUT2D eigenvalue weighted by atomic mass is 10.2. The van der Waals surface area contributed by atoms with E-state index in [-0.39, 0.29) is 17.5 Å². The Morgan fingerprint density at radius 3 is 2.75 bits per heavy atom. The smallest absolute Gasteiger partial charge is 0.324 e. The molecule has 2 aromatic carbocycles. The van der Waals surface area contributed by atoms with Gasteiger partial charge in [-0.15, -0.1) is 0 Å². The second-order valence-electron chi connectivity index (χ2n) is 8.22. The zero-order chi connectivity index (χ0) is 24.9. The molecule has 0 bridgehead atoms. The molecule has 2 aliphatic heterocycles. The molecule has 2 aliphatic rings. The normalized spacial score (nSPS) is 17.7. The average Bonchev–Trinajstić information content (AvgIpc) is 3.48. The number of benzene rings is 2. The van der Waals surface area contributed by atoms with E-state index in [4.69, 9.17) is 4.52 Å². The van der Waals surface area contributed by atoms with Gasteiger partial charge in [-0.1, -0.05) is 58.0 Å². The molecule has 3 aromatic rings. The molecule has 36 heavy (non-hydrogen) atoms. The summed E-state index contributed by atoms with van der Waals surface area (Å²) in [6.45, 7) is 1.78. The van der Waals surface area contributed by atoms with Crippen molar-refractivity contribution in [3.63, 3.8) is 0 Å². The fraction of sp³-hybridized carbons (Fsp3) is 0.240. The molecular formula is C25H23BrN6O3S. The average molecular weight is 567 g/mol. The zero-order valence-electron chi connectivity index (χ0n) is 19.3. The number of amides is 1. The third-order valence-electron chi connectivity index (χ3n) is 5.62. The van der Waals surface area contributed by atoms with E-state index in [1.807, 2.05) is 54.6 Å². The van der Waals surface area contributed by atoms with Gasteiger partial charge in [0.05, 0.1) is 23.6 Å². The molecule has 0 atom stereocenters. The van der Waals surface area contributed by atoms with E-state index in [1.165, 1.54) is 11.3 Å². The minimum Gasteiger partial charge on any atom is -0.861 e. The van der Waals surface area contributed by atoms with E-state index >= 15 is 0 Å². The Kier molecular flexibility index (Phi) is 7.47. The van der Waals surface area contributed by atoms with Crippen LogP contribution in [0.5, 0.6) is 0 Å². The molecule has 5 rings (SSSR count). The minimum absolute atomic E-state index is 0.00989. The van der Waals surface area contributed by atoms with E-state index < -0.39 is 5.90 Å². The van der Waals surface area contributed by atoms with Crippen LogP contribution < -0.4 is 19.8 Å². The van der Waals surface area contributed by atoms with E-state index in [0.717, 1.165) is 47.7 Å². The molecule has 0 radical (unpaired) electrons. The number of hydrogen-bond acceptors (Lipinski definition) is 8. The second kappa shape index (κ2) is 11.1. The maximum atomic E-state index is 13.3. The molecule has 1 fully saturated rings. The van der Waals surface area contributed by atoms with Gasteiger partial charge < -0.3 is 5.11 Å². The first-order valence-electron chi connectivity index (χ1n) is 11.5. The first-order chi connectivity index (χ1) is 17.6. The molecule has 184 valence electrons. The largest absolute Gasteiger partial charge is 0.861 e. The fourth-order valence-electron chi connectivity index (χ4n) is 3.93. The Labute approximate surface area is 220 Å². The van der Waals surface area contributed by atoms with Gasteiger partial charge in [0.1, 0.15) is 5.70 Å². The van der Waals surface area contributed by atoms with Crippen molar-refractivity contribution in [3.8, 4) is 0 Å². The van der Waals surface area contributed by atoms with E-state index in [1.54, 1.807) is 17.1 Å². The number of piperidine rings is 1. The number of thioether (sulfide) groups is 1. The van der Waals surface area contributed by atoms with Crippen molar-refractivity contribution in [2.24, 2.45) is 9.98 Å². The van der Waals surface area contributed by atoms with Gasteiger partial charge in [-0.2, -0.15) is 5.01 Å². The molecule has 1 amide bonds. The number of carbonyl (C=O) groups is 1. The molecule has 1 saturated heterocycles. The maximum absolute atomic E-state index is 13.3. The summed E-state index contributed by atoms with van der Waals surface area (Å²) in [7, 11) is 0. The van der Waals surface area contributed by atoms with Gasteiger partial charge in [0.15, 0.2) is 5.17 Å². The van der Waals surface area contributed by atoms with Crippen LogP contribution >= 0.6 is 27.7 Å². The lowest BCUT2D eigenvalue weighted by molar-refractivity contribution is -0.759. The van der Waals surface area contributed by atoms with Gasteiger partial charge in [-0.05, 0) is 61.1 Å². The van der Waals surface area contributed by atoms with Gasteiger partial charge in [-0.3, -0.25) is 14.2 Å². The molecule has 0 saturated carbocycles. The number of halogens is 1. The Bertz CT molecular complexity index is 1330. The van der Waals surface area contributed by atoms with Crippen LogP contribution in [0.4, 0.5) is 11.6 Å². The van der Waals surface area contributed by atoms with Crippen LogP contribution in [0, 0.1) is 0 Å². The summed E-state index contributed by atoms with van der Waals surface area (Å²) in [4.78, 5) is 25.0. The first-order valence-corrected chi connectivity index (χ1v) is 13.3. The number of aromatic nitrogens is 2. The maximum Gasteiger partial charge on any atom is 0.324 e. The number of para-hydroxylation sites is 1. The third kappa shape index (κ3) is 5.68. The molecule has 3 heterocycles. The van der Waals surface area contributed by atoms with Gasteiger partial charge in [0.2, 0.25) is 5.27 Å². The lowest BCUT2D eigenvalue weighted by Crippen LogP contribution is -2.60. The Morgan fingerprint density at radius 1 is 1.17 bits per heavy atom. The van der Waals surface area contributed by atoms with Gasteiger partial charge >= 0.3 is 5.88 Å². The molecular weight excluding hydrogens is 544 g/mol. The molecule has 0 N–H and O–H groups in total. The van der Waals surface area contributed by atoms with Crippen LogP contribution in [0.15, 0.2) is 85.5 Å². The number of amidine groups is 1. The van der Waals surface area contributed by atoms with Crippen molar-refractivity contribution in [1.82, 2.24) is 5.27 Å². The Hall–Kier alpha value is -3.44. The summed E-state index contributed by atoms with van der Waals surface area (Å²) in [5.41, 5.74) is 1.81. The highest BCUT2D eigenvalue weighted by Crippen LogP contribution is 2.29. The first kappa shape index (κ1) is 24.3. The highest BCUT2D eigenvalue weighted by molar-refractivity contribution is 9.10. The molecule has 11 heteroatoms. The third-order valence-corrected chi connectivity index (χ3v) is 7.04. The summed E-state index contributed by atoms with van der Waals surface area (Å²) >= 11 is 4.60. The van der Waals surface area contributed by atoms with Crippen LogP contribution in [-0.2, 0) is 4.79 Å². The molecule has 0 unspecified atom stereocenters. The van der Waals surface area contributed by atoms with Crippen molar-refractivity contribution in [1.29, 1.82) is 0 Å². The summed E-state index contributed by atoms with van der Waals surface area (Å²) in [5, 5.41) is 19.1. The van der Waals surface area contributed by atoms with Gasteiger partial charge in [0.25, 0.3) is 12.1 Å². The van der Waals surface area contributed by atoms with Crippen molar-refractivity contribution in [3.05, 3.63) is 76.5 Å². The molecule has 0 spiro atoms. The SMILES string of the molecule is O=C1/C(=C\c2cccc(Br)c2)N=C(SC/C([O-])=N\c2c[n+](N3CCCCC3)no2)N1c1ccccc1. The number of aliphatic imine (C=N–C) groups is 2. The minimum atomic E-state index is -0.408. The monoisotopic (exact) mass is 566 g/mol. The molecule has 0 aliphatic carbocycles. The quantitative estimate of drug-likeness (QED) is 0.196. The van der Waals surface area contributed by atoms with Crippen LogP contribution in [0.3, 0.4) is 0 Å². The number of rotatable bonds is 6. The van der Waals surface area contributed by atoms with Crippen molar-refractivity contribution in [2.75, 3.05) is 28.8 Å². The summed E-state index contributed by atoms with van der Waals surface area (Å²) < 4.78 is 6.13. The second-order valence-corrected chi connectivity index (χ2v) is 10.1. The predicted molar refractivity (Wildman–Crippen MR) is 142 cm³/mol. The van der Waals surface area contributed by atoms with Gasteiger partial charge in [-0.25, -0.2) is 9.98 Å². The predicted octanol–water partition coefficient (Wildman–Crippen LogP) is 3.41. The van der Waals surface area contributed by atoms with Crippen LogP contribution in [0.1, 0.15) is 24.8 Å². The van der Waals surface area contributed by atoms with Crippen LogP contribution in [0.2, 0.25) is 0 Å². The van der Waals surface area contributed by atoms with E-state index in [0.29, 0.717) is 16.6 Å². The van der Waals surface area contributed by atoms with Crippen LogP contribution in [-0.4, -0.2) is 41.1 Å². The topological polar surface area (TPSA) is 101 Å². The van der Waals surface area contributed by atoms with Crippen molar-refractivity contribution < 1.29 is 19.2 Å². The summed E-state index contributed by atoms with van der Waals surface area (Å²) in [6.07, 6.45) is 6.74. The molecule has 9 nitrogen and oxygen atoms in total. The van der Waals surface area contributed by atoms with Crippen molar-refractivity contribution >= 4 is 62.3 Å². The van der Waals surface area contributed by atoms with Gasteiger partial charge in [0, 0.05) is 10.2 Å². The number of nitrogens with zero attached hydrogens (tertiary/aromatic N) is 6. The zero-order valence-corrected chi connectivity index (χ0v) is 21.7. The summed E-state index contributed by atoms with van der Waals surface area (Å²) in [5.74, 6) is -0.532.